The fourth-order valence-corrected chi connectivity index (χ4v) is 2.91. The first-order valence-corrected chi connectivity index (χ1v) is 7.23. The van der Waals surface area contributed by atoms with Gasteiger partial charge in [0.15, 0.2) is 0 Å². The number of likely N-dealkylation sites (tertiary alicyclic amines) is 1. The molecule has 100 valence electrons. The van der Waals surface area contributed by atoms with E-state index in [2.05, 4.69) is 11.8 Å². The lowest BCUT2D eigenvalue weighted by Gasteiger charge is -2.33. The molecule has 4 heteroatoms. The van der Waals surface area contributed by atoms with Crippen LogP contribution in [0.3, 0.4) is 0 Å². The third-order valence-corrected chi connectivity index (χ3v) is 4.38. The molecule has 1 fully saturated rings. The molecule has 0 amide bonds. The van der Waals surface area contributed by atoms with Crippen molar-refractivity contribution in [3.63, 3.8) is 0 Å². The molecule has 0 saturated carbocycles. The summed E-state index contributed by atoms with van der Waals surface area (Å²) in [4.78, 5) is 2.43. The summed E-state index contributed by atoms with van der Waals surface area (Å²) in [5.74, 6) is 0.663. The Morgan fingerprint density at radius 2 is 2.00 bits per heavy atom. The molecule has 1 aromatic carbocycles. The molecule has 1 aliphatic rings. The quantitative estimate of drug-likeness (QED) is 0.921. The van der Waals surface area contributed by atoms with Gasteiger partial charge in [0, 0.05) is 22.6 Å². The van der Waals surface area contributed by atoms with Gasteiger partial charge in [0.05, 0.1) is 0 Å². The van der Waals surface area contributed by atoms with E-state index < -0.39 is 0 Å². The number of nitrogens with zero attached hydrogens (tertiary/aromatic N) is 1. The van der Waals surface area contributed by atoms with Crippen LogP contribution in [0, 0.1) is 5.92 Å². The molecule has 2 nitrogen and oxygen atoms in total. The van der Waals surface area contributed by atoms with Crippen LogP contribution >= 0.6 is 23.2 Å². The second-order valence-corrected chi connectivity index (χ2v) is 6.05. The summed E-state index contributed by atoms with van der Waals surface area (Å²) in [6, 6.07) is 5.97. The lowest BCUT2D eigenvalue weighted by Crippen LogP contribution is -2.39. The Morgan fingerprint density at radius 3 is 2.61 bits per heavy atom. The first-order chi connectivity index (χ1) is 8.56. The largest absolute Gasteiger partial charge is 0.328 e. The molecule has 0 aromatic heterocycles. The second kappa shape index (κ2) is 6.25. The summed E-state index contributed by atoms with van der Waals surface area (Å²) >= 11 is 12.2. The molecule has 0 spiro atoms. The summed E-state index contributed by atoms with van der Waals surface area (Å²) in [7, 11) is 0. The minimum absolute atomic E-state index is 0.307. The maximum atomic E-state index is 6.19. The lowest BCUT2D eigenvalue weighted by atomic mass is 9.91. The van der Waals surface area contributed by atoms with Gasteiger partial charge in [0.25, 0.3) is 0 Å². The highest BCUT2D eigenvalue weighted by Gasteiger charge is 2.22. The van der Waals surface area contributed by atoms with Gasteiger partial charge in [-0.25, -0.2) is 0 Å². The molecule has 1 aromatic rings. The van der Waals surface area contributed by atoms with Crippen LogP contribution in [0.15, 0.2) is 18.2 Å². The van der Waals surface area contributed by atoms with Gasteiger partial charge >= 0.3 is 0 Å². The number of piperidine rings is 1. The van der Waals surface area contributed by atoms with Crippen LogP contribution < -0.4 is 5.73 Å². The maximum absolute atomic E-state index is 6.19. The van der Waals surface area contributed by atoms with Gasteiger partial charge in [-0.2, -0.15) is 0 Å². The van der Waals surface area contributed by atoms with Gasteiger partial charge in [-0.1, -0.05) is 23.2 Å². The number of benzene rings is 1. The predicted molar refractivity (Wildman–Crippen MR) is 78.1 cm³/mol. The maximum Gasteiger partial charge on any atom is 0.0452 e. The van der Waals surface area contributed by atoms with Crippen molar-refractivity contribution in [3.8, 4) is 0 Å². The SMILES string of the molecule is CC(N)C1CCN(Cc2cc(Cl)ccc2Cl)CC1. The van der Waals surface area contributed by atoms with Gasteiger partial charge in [-0.3, -0.25) is 4.90 Å². The molecule has 1 unspecified atom stereocenters. The summed E-state index contributed by atoms with van der Waals surface area (Å²) in [6.07, 6.45) is 2.35. The molecule has 0 aliphatic carbocycles. The molecule has 1 aliphatic heterocycles. The van der Waals surface area contributed by atoms with Crippen molar-refractivity contribution in [2.45, 2.75) is 32.4 Å². The Balaban J connectivity index is 1.93. The van der Waals surface area contributed by atoms with E-state index in [1.165, 1.54) is 12.8 Å². The number of halogens is 2. The molecule has 0 radical (unpaired) electrons. The van der Waals surface area contributed by atoms with Crippen molar-refractivity contribution >= 4 is 23.2 Å². The average Bonchev–Trinajstić information content (AvgIpc) is 2.34. The zero-order valence-electron chi connectivity index (χ0n) is 10.7. The summed E-state index contributed by atoms with van der Waals surface area (Å²) in [5, 5.41) is 1.55. The monoisotopic (exact) mass is 286 g/mol. The van der Waals surface area contributed by atoms with Crippen LogP contribution in [0.4, 0.5) is 0 Å². The Kier molecular flexibility index (Phi) is 4.91. The molecular formula is C14H20Cl2N2. The highest BCUT2D eigenvalue weighted by Crippen LogP contribution is 2.25. The molecule has 1 heterocycles. The van der Waals surface area contributed by atoms with Crippen LogP contribution in [0.2, 0.25) is 10.0 Å². The van der Waals surface area contributed by atoms with Crippen LogP contribution in [0.5, 0.6) is 0 Å². The summed E-state index contributed by atoms with van der Waals surface area (Å²) in [5.41, 5.74) is 7.07. The molecule has 18 heavy (non-hydrogen) atoms. The standard InChI is InChI=1S/C14H20Cl2N2/c1-10(17)11-4-6-18(7-5-11)9-12-8-13(15)2-3-14(12)16/h2-3,8,10-11H,4-7,9,17H2,1H3. The van der Waals surface area contributed by atoms with Crippen LogP contribution in [-0.2, 0) is 6.54 Å². The van der Waals surface area contributed by atoms with E-state index >= 15 is 0 Å². The number of rotatable bonds is 3. The Bertz CT molecular complexity index is 399. The van der Waals surface area contributed by atoms with Crippen molar-refractivity contribution in [2.75, 3.05) is 13.1 Å². The van der Waals surface area contributed by atoms with Gasteiger partial charge in [-0.15, -0.1) is 0 Å². The van der Waals surface area contributed by atoms with E-state index in [4.69, 9.17) is 28.9 Å². The van der Waals surface area contributed by atoms with Gasteiger partial charge < -0.3 is 5.73 Å². The van der Waals surface area contributed by atoms with Gasteiger partial charge in [-0.05, 0) is 62.5 Å². The predicted octanol–water partition coefficient (Wildman–Crippen LogP) is 3.55. The first kappa shape index (κ1) is 14.1. The van der Waals surface area contributed by atoms with Crippen molar-refractivity contribution in [1.29, 1.82) is 0 Å². The minimum atomic E-state index is 0.307. The van der Waals surface area contributed by atoms with E-state index in [1.54, 1.807) is 0 Å². The van der Waals surface area contributed by atoms with Crippen molar-refractivity contribution in [3.05, 3.63) is 33.8 Å². The number of hydrogen-bond donors (Lipinski definition) is 1. The molecule has 2 rings (SSSR count). The average molecular weight is 287 g/mol. The highest BCUT2D eigenvalue weighted by atomic mass is 35.5. The molecule has 2 N–H and O–H groups in total. The fourth-order valence-electron chi connectivity index (χ4n) is 2.54. The van der Waals surface area contributed by atoms with E-state index in [0.29, 0.717) is 12.0 Å². The molecule has 0 bridgehead atoms. The zero-order chi connectivity index (χ0) is 13.1. The van der Waals surface area contributed by atoms with Gasteiger partial charge in [0.1, 0.15) is 0 Å². The van der Waals surface area contributed by atoms with E-state index in [1.807, 2.05) is 18.2 Å². The third-order valence-electron chi connectivity index (χ3n) is 3.78. The topological polar surface area (TPSA) is 29.3 Å². The second-order valence-electron chi connectivity index (χ2n) is 5.21. The summed E-state index contributed by atoms with van der Waals surface area (Å²) < 4.78 is 0. The molecule has 1 atom stereocenters. The minimum Gasteiger partial charge on any atom is -0.328 e. The van der Waals surface area contributed by atoms with Crippen LogP contribution in [-0.4, -0.2) is 24.0 Å². The number of hydrogen-bond acceptors (Lipinski definition) is 2. The lowest BCUT2D eigenvalue weighted by molar-refractivity contribution is 0.166. The Morgan fingerprint density at radius 1 is 1.33 bits per heavy atom. The van der Waals surface area contributed by atoms with E-state index in [0.717, 1.165) is 35.2 Å². The van der Waals surface area contributed by atoms with Gasteiger partial charge in [0.2, 0.25) is 0 Å². The molecular weight excluding hydrogens is 267 g/mol. The van der Waals surface area contributed by atoms with Crippen LogP contribution in [0.25, 0.3) is 0 Å². The van der Waals surface area contributed by atoms with E-state index in [-0.39, 0.29) is 0 Å². The third kappa shape index (κ3) is 3.61. The normalized spacial score (nSPS) is 20.0. The van der Waals surface area contributed by atoms with Crippen molar-refractivity contribution < 1.29 is 0 Å². The Labute approximate surface area is 119 Å². The summed E-state index contributed by atoms with van der Waals surface area (Å²) in [6.45, 7) is 5.17. The van der Waals surface area contributed by atoms with Crippen molar-refractivity contribution in [1.82, 2.24) is 4.90 Å². The molecule has 1 saturated heterocycles. The highest BCUT2D eigenvalue weighted by molar-refractivity contribution is 6.33. The Hall–Kier alpha value is -0.280. The van der Waals surface area contributed by atoms with Crippen LogP contribution in [0.1, 0.15) is 25.3 Å². The fraction of sp³-hybridized carbons (Fsp3) is 0.571. The first-order valence-electron chi connectivity index (χ1n) is 6.48. The van der Waals surface area contributed by atoms with Crippen molar-refractivity contribution in [2.24, 2.45) is 11.7 Å². The zero-order valence-corrected chi connectivity index (χ0v) is 12.2. The smallest absolute Gasteiger partial charge is 0.0452 e. The van der Waals surface area contributed by atoms with E-state index in [9.17, 15) is 0 Å². The number of nitrogens with two attached hydrogens (primary N) is 1.